The van der Waals surface area contributed by atoms with Crippen molar-refractivity contribution in [1.82, 2.24) is 30.2 Å². The van der Waals surface area contributed by atoms with Crippen LogP contribution in [0.2, 0.25) is 0 Å². The number of amides is 4. The number of allylic oxidation sites excluding steroid dienone is 1. The number of halogens is 2. The lowest BCUT2D eigenvalue weighted by Crippen LogP contribution is -2.58. The number of nitrogens with one attached hydrogen (secondary N) is 3. The Labute approximate surface area is 305 Å². The molecule has 2 aliphatic carbocycles. The summed E-state index contributed by atoms with van der Waals surface area (Å²) in [5.41, 5.74) is -0.893. The van der Waals surface area contributed by atoms with Crippen molar-refractivity contribution in [2.24, 2.45) is 5.92 Å². The molecule has 1 saturated heterocycles. The van der Waals surface area contributed by atoms with Crippen molar-refractivity contribution in [2.45, 2.75) is 93.7 Å². The van der Waals surface area contributed by atoms with E-state index < -0.39 is 80.2 Å². The molecule has 0 bridgehead atoms. The molecule has 2 aliphatic heterocycles. The number of aromatic nitrogens is 2. The van der Waals surface area contributed by atoms with E-state index in [2.05, 4.69) is 25.3 Å². The molecule has 0 radical (unpaired) electrons. The van der Waals surface area contributed by atoms with E-state index in [1.807, 2.05) is 12.2 Å². The Morgan fingerprint density at radius 1 is 1.04 bits per heavy atom. The minimum atomic E-state index is -3.93. The van der Waals surface area contributed by atoms with Gasteiger partial charge in [0, 0.05) is 17.9 Å². The fourth-order valence-corrected chi connectivity index (χ4v) is 8.47. The minimum Gasteiger partial charge on any atom is -0.471 e. The van der Waals surface area contributed by atoms with Gasteiger partial charge < -0.3 is 20.3 Å². The second-order valence-electron chi connectivity index (χ2n) is 14.3. The normalized spacial score (nSPS) is 26.4. The Hall–Kier alpha value is -4.99. The zero-order chi connectivity index (χ0) is 37.5. The van der Waals surface area contributed by atoms with Gasteiger partial charge in [-0.1, -0.05) is 37.1 Å². The maximum atomic E-state index is 14.7. The Morgan fingerprint density at radius 3 is 2.60 bits per heavy atom. The summed E-state index contributed by atoms with van der Waals surface area (Å²) >= 11 is 0. The van der Waals surface area contributed by atoms with Crippen molar-refractivity contribution in [3.05, 3.63) is 77.5 Å². The summed E-state index contributed by atoms with van der Waals surface area (Å²) in [5.74, 6) is -4.52. The Morgan fingerprint density at radius 2 is 1.83 bits per heavy atom. The number of ether oxygens (including phenoxy) is 1. The second kappa shape index (κ2) is 14.4. The predicted molar refractivity (Wildman–Crippen MR) is 188 cm³/mol. The average Bonchev–Trinajstić information content (AvgIpc) is 4.04. The Kier molecular flexibility index (Phi) is 9.91. The molecule has 3 N–H and O–H groups in total. The number of nitrogens with zero attached hydrogens (tertiary/aromatic N) is 3. The topological polar surface area (TPSA) is 177 Å². The van der Waals surface area contributed by atoms with Gasteiger partial charge in [-0.25, -0.2) is 27.2 Å². The molecule has 16 heteroatoms. The summed E-state index contributed by atoms with van der Waals surface area (Å²) in [6, 6.07) is 7.11. The summed E-state index contributed by atoms with van der Waals surface area (Å²) in [7, 11) is -3.93. The smallest absolute Gasteiger partial charge is 0.259 e. The van der Waals surface area contributed by atoms with Crippen LogP contribution in [-0.4, -0.2) is 82.4 Å². The first-order chi connectivity index (χ1) is 25.3. The molecule has 3 fully saturated rings. The predicted octanol–water partition coefficient (Wildman–Crippen LogP) is 3.37. The molecule has 0 spiro atoms. The molecule has 53 heavy (non-hydrogen) atoms. The fourth-order valence-electron chi connectivity index (χ4n) is 7.10. The van der Waals surface area contributed by atoms with Gasteiger partial charge in [0.2, 0.25) is 27.7 Å². The highest BCUT2D eigenvalue weighted by Crippen LogP contribution is 2.46. The lowest BCUT2D eigenvalue weighted by Gasteiger charge is -2.30. The van der Waals surface area contributed by atoms with Crippen LogP contribution in [0.3, 0.4) is 0 Å². The summed E-state index contributed by atoms with van der Waals surface area (Å²) < 4.78 is 62.6. The van der Waals surface area contributed by atoms with Gasteiger partial charge in [-0.15, -0.1) is 0 Å². The van der Waals surface area contributed by atoms with Gasteiger partial charge in [-0.2, -0.15) is 0 Å². The molecular formula is C37H40F2N6O7S. The van der Waals surface area contributed by atoms with Crippen LogP contribution in [-0.2, 0) is 24.4 Å². The van der Waals surface area contributed by atoms with Crippen molar-refractivity contribution in [3.63, 3.8) is 0 Å². The van der Waals surface area contributed by atoms with Crippen LogP contribution in [0, 0.1) is 24.5 Å². The van der Waals surface area contributed by atoms with Gasteiger partial charge in [0.25, 0.3) is 11.8 Å². The molecular weight excluding hydrogens is 711 g/mol. The third kappa shape index (κ3) is 7.73. The molecule has 4 amide bonds. The molecule has 3 aromatic rings. The average molecular weight is 751 g/mol. The van der Waals surface area contributed by atoms with Crippen LogP contribution in [0.15, 0.2) is 54.6 Å². The number of rotatable bonds is 7. The van der Waals surface area contributed by atoms with Crippen molar-refractivity contribution < 1.29 is 41.1 Å². The minimum absolute atomic E-state index is 0.00711. The molecule has 3 heterocycles. The highest BCUT2D eigenvalue weighted by molar-refractivity contribution is 7.91. The summed E-state index contributed by atoms with van der Waals surface area (Å²) in [4.78, 5) is 65.7. The third-order valence-corrected chi connectivity index (χ3v) is 12.1. The molecule has 280 valence electrons. The molecule has 4 aliphatic rings. The van der Waals surface area contributed by atoms with E-state index in [0.29, 0.717) is 43.3 Å². The highest BCUT2D eigenvalue weighted by Gasteiger charge is 2.62. The number of hydrogen-bond acceptors (Lipinski definition) is 9. The quantitative estimate of drug-likeness (QED) is 0.306. The molecule has 5 atom stereocenters. The van der Waals surface area contributed by atoms with Gasteiger partial charge in [0.05, 0.1) is 17.3 Å². The van der Waals surface area contributed by atoms with Crippen LogP contribution in [0.5, 0.6) is 5.88 Å². The van der Waals surface area contributed by atoms with Gasteiger partial charge in [0.1, 0.15) is 40.8 Å². The van der Waals surface area contributed by atoms with E-state index in [-0.39, 0.29) is 42.8 Å². The Bertz CT molecular complexity index is 2110. The highest BCUT2D eigenvalue weighted by atomic mass is 32.2. The SMILES string of the molecule is Cc1nc2cccc(F)c2nc1O[C@@H]1C[C@H]2C(=O)N[C@]3(C(=O)NS(=O)(=O)C4CC4)C[C@H]3C=CCCCCC[C@H](NC(=O)c3cccc(F)c3)C(=O)N2C1. The van der Waals surface area contributed by atoms with E-state index in [1.54, 1.807) is 13.0 Å². The van der Waals surface area contributed by atoms with Gasteiger partial charge in [-0.3, -0.25) is 23.9 Å². The second-order valence-corrected chi connectivity index (χ2v) is 16.2. The lowest BCUT2D eigenvalue weighted by molar-refractivity contribution is -0.141. The number of sulfonamides is 1. The van der Waals surface area contributed by atoms with Gasteiger partial charge >= 0.3 is 0 Å². The summed E-state index contributed by atoms with van der Waals surface area (Å²) in [5, 5.41) is 4.88. The number of carbonyl (C=O) groups is 4. The zero-order valence-corrected chi connectivity index (χ0v) is 29.8. The van der Waals surface area contributed by atoms with Crippen LogP contribution in [0.1, 0.15) is 73.8 Å². The first-order valence-electron chi connectivity index (χ1n) is 17.9. The van der Waals surface area contributed by atoms with E-state index in [4.69, 9.17) is 4.74 Å². The standard InChI is InChI=1S/C37H40F2N6O7S/c1-21-34(42-31-27(39)12-8-14-28(31)40-21)52-25-18-30-33(47)43-37(36(49)44-53(50,51)26-15-16-26)19-23(37)10-5-3-2-4-6-13-29(35(48)45(30)20-25)41-32(46)22-9-7-11-24(38)17-22/h5,7-12,14,17,23,25-26,29-30H,2-4,6,13,15-16,18-20H2,1H3,(H,41,46)(H,43,47)(H,44,49)/t23-,25-,29+,30+,37-/m1/s1. The molecule has 0 unspecified atom stereocenters. The van der Waals surface area contributed by atoms with Crippen molar-refractivity contribution in [2.75, 3.05) is 6.54 Å². The fraction of sp³-hybridized carbons (Fsp3) is 0.459. The molecule has 2 saturated carbocycles. The molecule has 7 rings (SSSR count). The number of carbonyl (C=O) groups excluding carboxylic acids is 4. The van der Waals surface area contributed by atoms with Crippen LogP contribution in [0.4, 0.5) is 8.78 Å². The maximum Gasteiger partial charge on any atom is 0.259 e. The van der Waals surface area contributed by atoms with E-state index in [1.165, 1.54) is 35.2 Å². The van der Waals surface area contributed by atoms with Crippen molar-refractivity contribution >= 4 is 44.7 Å². The summed E-state index contributed by atoms with van der Waals surface area (Å²) in [6.45, 7) is 1.49. The van der Waals surface area contributed by atoms with E-state index >= 15 is 0 Å². The lowest BCUT2D eigenvalue weighted by atomic mass is 10.0. The molecule has 2 aromatic carbocycles. The maximum absolute atomic E-state index is 14.7. The largest absolute Gasteiger partial charge is 0.471 e. The van der Waals surface area contributed by atoms with E-state index in [0.717, 1.165) is 12.5 Å². The molecule has 13 nitrogen and oxygen atoms in total. The van der Waals surface area contributed by atoms with Crippen molar-refractivity contribution in [3.8, 4) is 5.88 Å². The van der Waals surface area contributed by atoms with Gasteiger partial charge in [0.15, 0.2) is 5.82 Å². The first-order valence-corrected chi connectivity index (χ1v) is 19.4. The number of fused-ring (bicyclic) bond motifs is 3. The van der Waals surface area contributed by atoms with Crippen molar-refractivity contribution in [1.29, 1.82) is 0 Å². The van der Waals surface area contributed by atoms with Crippen LogP contribution < -0.4 is 20.1 Å². The van der Waals surface area contributed by atoms with Crippen LogP contribution in [0.25, 0.3) is 11.0 Å². The Balaban J connectivity index is 1.20. The molecule has 1 aromatic heterocycles. The number of hydrogen-bond donors (Lipinski definition) is 3. The van der Waals surface area contributed by atoms with E-state index in [9.17, 15) is 36.4 Å². The zero-order valence-electron chi connectivity index (χ0n) is 29.0. The number of aryl methyl sites for hydroxylation is 1. The third-order valence-electron chi connectivity index (χ3n) is 10.3. The number of benzene rings is 2. The number of para-hydroxylation sites is 1. The van der Waals surface area contributed by atoms with Gasteiger partial charge in [-0.05, 0) is 75.8 Å². The summed E-state index contributed by atoms with van der Waals surface area (Å²) in [6.07, 6.45) is 6.68. The first kappa shape index (κ1) is 36.4. The van der Waals surface area contributed by atoms with Crippen LogP contribution >= 0.6 is 0 Å². The monoisotopic (exact) mass is 750 g/mol.